The lowest BCUT2D eigenvalue weighted by molar-refractivity contribution is -0.657. The highest BCUT2D eigenvalue weighted by atomic mass is 17.1. The third kappa shape index (κ3) is 10.8. The highest BCUT2D eigenvalue weighted by Crippen LogP contribution is 1.54. The van der Waals surface area contributed by atoms with Crippen LogP contribution in [0.4, 0.5) is 4.79 Å². The van der Waals surface area contributed by atoms with Crippen molar-refractivity contribution in [3.05, 3.63) is 0 Å². The predicted octanol–water partition coefficient (Wildman–Crippen LogP) is -1.87. The highest BCUT2D eigenvalue weighted by molar-refractivity contribution is 5.55. The van der Waals surface area contributed by atoms with Crippen LogP contribution in [0.3, 0.4) is 0 Å². The van der Waals surface area contributed by atoms with E-state index in [1.54, 1.807) is 0 Å². The molecular weight excluding hydrogens is 92.0 g/mol. The molecule has 0 amide bonds. The summed E-state index contributed by atoms with van der Waals surface area (Å²) in [5, 5.41) is 15.7. The van der Waals surface area contributed by atoms with Crippen molar-refractivity contribution in [2.24, 2.45) is 0 Å². The average Bonchev–Trinajstić information content (AvgIpc) is 1.38. The summed E-state index contributed by atoms with van der Waals surface area (Å²) in [6, 6.07) is 0. The summed E-state index contributed by atoms with van der Waals surface area (Å²) in [6.07, 6.45) is -1.80. The fourth-order valence-corrected chi connectivity index (χ4v) is 0. The van der Waals surface area contributed by atoms with Gasteiger partial charge in [0.15, 0.2) is 0 Å². The maximum Gasteiger partial charge on any atom is 0.499 e. The van der Waals surface area contributed by atoms with E-state index >= 15 is 0 Å². The van der Waals surface area contributed by atoms with Crippen LogP contribution < -0.4 is 5.26 Å². The Hall–Kier alpha value is -0.810. The largest absolute Gasteiger partial charge is 0.659 e. The van der Waals surface area contributed by atoms with Gasteiger partial charge in [0.25, 0.3) is 0 Å². The molecule has 5 nitrogen and oxygen atoms in total. The van der Waals surface area contributed by atoms with Crippen molar-refractivity contribution in [1.29, 1.82) is 0 Å². The lowest BCUT2D eigenvalue weighted by Gasteiger charge is -1.94. The molecule has 0 aliphatic rings. The predicted molar refractivity (Wildman–Crippen MR) is 12.7 cm³/mol. The minimum Gasteiger partial charge on any atom is -0.659 e. The Kier molecular flexibility index (Phi) is 6.25. The van der Waals surface area contributed by atoms with Crippen LogP contribution in [0.25, 0.3) is 0 Å². The van der Waals surface area contributed by atoms with Gasteiger partial charge in [-0.15, -0.1) is 0 Å². The van der Waals surface area contributed by atoms with Crippen LogP contribution in [0.15, 0.2) is 0 Å². The fraction of sp³-hybridized carbons (Fsp3) is 0. The summed E-state index contributed by atoms with van der Waals surface area (Å²) in [5.41, 5.74) is 0. The molecule has 0 rings (SSSR count). The maximum atomic E-state index is 8.83. The monoisotopic (exact) mass is 95.0 g/mol. The Morgan fingerprint density at radius 2 is 2.00 bits per heavy atom. The van der Waals surface area contributed by atoms with E-state index in [2.05, 4.69) is 4.89 Å². The molecule has 0 unspecified atom stereocenters. The molecule has 0 saturated carbocycles. The van der Waals surface area contributed by atoms with Gasteiger partial charge in [0.2, 0.25) is 0 Å². The lowest BCUT2D eigenvalue weighted by Crippen LogP contribution is -2.10. The van der Waals surface area contributed by atoms with Crippen molar-refractivity contribution < 1.29 is 25.5 Å². The zero-order valence-corrected chi connectivity index (χ0v) is 2.67. The molecule has 0 atom stereocenters. The molecule has 0 heterocycles. The molecule has 3 N–H and O–H groups in total. The number of rotatable bonds is 0. The smallest absolute Gasteiger partial charge is 0.499 e. The third-order valence-corrected chi connectivity index (χ3v) is 0.0713. The summed E-state index contributed by atoms with van der Waals surface area (Å²) in [7, 11) is 0. The van der Waals surface area contributed by atoms with Crippen molar-refractivity contribution in [2.75, 3.05) is 0 Å². The first-order valence-corrected chi connectivity index (χ1v) is 0.799. The molecule has 0 aromatic carbocycles. The second-order valence-corrected chi connectivity index (χ2v) is 0.349. The molecule has 0 saturated heterocycles. The van der Waals surface area contributed by atoms with E-state index in [0.717, 1.165) is 0 Å². The third-order valence-electron chi connectivity index (χ3n) is 0.0713. The molecule has 0 bridgehead atoms. The van der Waals surface area contributed by atoms with Gasteiger partial charge in [-0.3, -0.25) is 0 Å². The Morgan fingerprint density at radius 3 is 2.00 bits per heavy atom. The minimum absolute atomic E-state index is 0. The number of hydrogen-bond acceptors (Lipinski definition) is 3. The Balaban J connectivity index is 0. The van der Waals surface area contributed by atoms with Gasteiger partial charge >= 0.3 is 6.16 Å². The van der Waals surface area contributed by atoms with Crippen molar-refractivity contribution >= 4 is 6.16 Å². The Morgan fingerprint density at radius 1 is 1.83 bits per heavy atom. The normalized spacial score (nSPS) is 5.50. The zero-order valence-electron chi connectivity index (χ0n) is 2.67. The Labute approximate surface area is 33.0 Å². The van der Waals surface area contributed by atoms with E-state index in [4.69, 9.17) is 15.2 Å². The second kappa shape index (κ2) is 4.19. The molecule has 0 aromatic rings. The molecule has 0 fully saturated rings. The van der Waals surface area contributed by atoms with Gasteiger partial charge in [0.05, 0.1) is 0 Å². The summed E-state index contributed by atoms with van der Waals surface area (Å²) in [6.45, 7) is 0. The molecule has 0 spiro atoms. The zero-order chi connectivity index (χ0) is 4.28. The van der Waals surface area contributed by atoms with E-state index in [1.165, 1.54) is 0 Å². The second-order valence-electron chi connectivity index (χ2n) is 0.349. The first-order valence-electron chi connectivity index (χ1n) is 0.799. The minimum atomic E-state index is -1.80. The van der Waals surface area contributed by atoms with Crippen LogP contribution in [-0.2, 0) is 4.89 Å². The summed E-state index contributed by atoms with van der Waals surface area (Å²) < 4.78 is 0. The van der Waals surface area contributed by atoms with Crippen molar-refractivity contribution in [2.45, 2.75) is 0 Å². The van der Waals surface area contributed by atoms with Gasteiger partial charge in [0, 0.05) is 0 Å². The summed E-state index contributed by atoms with van der Waals surface area (Å²) in [5.74, 6) is 0. The van der Waals surface area contributed by atoms with Gasteiger partial charge in [-0.2, -0.15) is 0 Å². The topological polar surface area (TPSA) is 101 Å². The van der Waals surface area contributed by atoms with Crippen LogP contribution in [0.1, 0.15) is 0 Å². The highest BCUT2D eigenvalue weighted by Gasteiger charge is 1.76. The van der Waals surface area contributed by atoms with Crippen LogP contribution in [0.5, 0.6) is 0 Å². The number of carbonyl (C=O) groups is 1. The van der Waals surface area contributed by atoms with Crippen molar-refractivity contribution in [3.8, 4) is 0 Å². The van der Waals surface area contributed by atoms with Gasteiger partial charge < -0.3 is 20.7 Å². The molecule has 0 aliphatic carbocycles. The van der Waals surface area contributed by atoms with Crippen LogP contribution >= 0.6 is 0 Å². The molecule has 38 valence electrons. The van der Waals surface area contributed by atoms with E-state index < -0.39 is 6.16 Å². The summed E-state index contributed by atoms with van der Waals surface area (Å²) >= 11 is 0. The fourth-order valence-electron chi connectivity index (χ4n) is 0. The molecular formula is CH3O5-. The molecule has 6 heavy (non-hydrogen) atoms. The van der Waals surface area contributed by atoms with Crippen LogP contribution in [0.2, 0.25) is 0 Å². The van der Waals surface area contributed by atoms with E-state index in [0.29, 0.717) is 0 Å². The molecule has 0 aromatic heterocycles. The van der Waals surface area contributed by atoms with Crippen molar-refractivity contribution in [1.82, 2.24) is 0 Å². The van der Waals surface area contributed by atoms with E-state index in [1.807, 2.05) is 0 Å². The number of hydrogen-bond donors (Lipinski definition) is 1. The lowest BCUT2D eigenvalue weighted by atomic mass is 11.5. The molecule has 5 heteroatoms. The van der Waals surface area contributed by atoms with E-state index in [-0.39, 0.29) is 5.48 Å². The van der Waals surface area contributed by atoms with Gasteiger partial charge in [-0.05, 0) is 0 Å². The first kappa shape index (κ1) is 8.95. The van der Waals surface area contributed by atoms with Gasteiger partial charge in [-0.1, -0.05) is 0 Å². The average molecular weight is 95.0 g/mol. The van der Waals surface area contributed by atoms with Crippen molar-refractivity contribution in [3.63, 3.8) is 0 Å². The van der Waals surface area contributed by atoms with Gasteiger partial charge in [-0.25, -0.2) is 4.79 Å². The van der Waals surface area contributed by atoms with Crippen LogP contribution in [-0.4, -0.2) is 16.7 Å². The quantitative estimate of drug-likeness (QED) is 0.281. The van der Waals surface area contributed by atoms with Crippen LogP contribution in [0, 0.1) is 0 Å². The SMILES string of the molecule is O.O=C(O)O[O-]. The summed E-state index contributed by atoms with van der Waals surface area (Å²) in [4.78, 5) is 11.2. The first-order chi connectivity index (χ1) is 2.27. The Bertz CT molecular complexity index is 39.2. The number of carboxylic acid groups (broad SMARTS) is 1. The molecule has 0 aliphatic heterocycles. The van der Waals surface area contributed by atoms with Gasteiger partial charge in [0.1, 0.15) is 0 Å². The van der Waals surface area contributed by atoms with E-state index in [9.17, 15) is 0 Å². The molecule has 0 radical (unpaired) electrons. The standard InChI is InChI=1S/CH2O4.H2O/c2-1(3)5-4;/h4H,(H,2,3);1H2/p-1. The maximum absolute atomic E-state index is 8.83.